The van der Waals surface area contributed by atoms with E-state index in [0.29, 0.717) is 18.7 Å². The number of rotatable bonds is 4. The molecule has 1 atom stereocenters. The molecule has 0 bridgehead atoms. The van der Waals surface area contributed by atoms with Crippen molar-refractivity contribution in [3.05, 3.63) is 51.7 Å². The second-order valence-electron chi connectivity index (χ2n) is 6.88. The molecule has 0 aliphatic carbocycles. The van der Waals surface area contributed by atoms with Crippen molar-refractivity contribution in [2.24, 2.45) is 7.05 Å². The van der Waals surface area contributed by atoms with Crippen LogP contribution in [0, 0.1) is 0 Å². The standard InChI is InChI=1S/C19H25N3O3/c1-13(12-14-7-9-15(23)10-8-14)20(2)18(24)17-16-6-4-5-11-22(16)19(25)21(17)3/h7-10,13,23H,4-6,11-12H2,1-3H3. The Bertz CT molecular complexity index is 833. The zero-order valence-corrected chi connectivity index (χ0v) is 15.0. The SMILES string of the molecule is CC(Cc1ccc(O)cc1)N(C)C(=O)c1c2n(c(=O)n1C)CCCC2. The van der Waals surface area contributed by atoms with Crippen LogP contribution in [0.25, 0.3) is 0 Å². The fraction of sp³-hybridized carbons (Fsp3) is 0.474. The lowest BCUT2D eigenvalue weighted by Crippen LogP contribution is -2.38. The van der Waals surface area contributed by atoms with E-state index >= 15 is 0 Å². The molecule has 2 aromatic rings. The molecule has 1 unspecified atom stereocenters. The van der Waals surface area contributed by atoms with Crippen LogP contribution in [0.4, 0.5) is 0 Å². The average Bonchev–Trinajstić information content (AvgIpc) is 2.87. The van der Waals surface area contributed by atoms with Gasteiger partial charge in [-0.25, -0.2) is 4.79 Å². The number of carbonyl (C=O) groups is 1. The van der Waals surface area contributed by atoms with E-state index in [9.17, 15) is 14.7 Å². The smallest absolute Gasteiger partial charge is 0.328 e. The van der Waals surface area contributed by atoms with Crippen molar-refractivity contribution < 1.29 is 9.90 Å². The number of nitrogens with zero attached hydrogens (tertiary/aromatic N) is 3. The van der Waals surface area contributed by atoms with E-state index in [1.165, 1.54) is 4.57 Å². The van der Waals surface area contributed by atoms with Crippen LogP contribution in [0.5, 0.6) is 5.75 Å². The molecule has 3 rings (SSSR count). The summed E-state index contributed by atoms with van der Waals surface area (Å²) in [5, 5.41) is 9.38. The van der Waals surface area contributed by atoms with E-state index in [1.807, 2.05) is 19.1 Å². The number of hydrogen-bond acceptors (Lipinski definition) is 3. The van der Waals surface area contributed by atoms with Gasteiger partial charge in [-0.1, -0.05) is 12.1 Å². The molecule has 0 saturated heterocycles. The summed E-state index contributed by atoms with van der Waals surface area (Å²) in [6.45, 7) is 2.69. The van der Waals surface area contributed by atoms with E-state index in [0.717, 1.165) is 30.5 Å². The highest BCUT2D eigenvalue weighted by Crippen LogP contribution is 2.20. The maximum atomic E-state index is 13.0. The second kappa shape index (κ2) is 6.78. The number of benzene rings is 1. The summed E-state index contributed by atoms with van der Waals surface area (Å²) in [4.78, 5) is 27.1. The summed E-state index contributed by atoms with van der Waals surface area (Å²) in [7, 11) is 3.46. The zero-order chi connectivity index (χ0) is 18.1. The van der Waals surface area contributed by atoms with Crippen LogP contribution in [0.15, 0.2) is 29.1 Å². The molecule has 6 heteroatoms. The topological polar surface area (TPSA) is 67.5 Å². The minimum Gasteiger partial charge on any atom is -0.508 e. The van der Waals surface area contributed by atoms with Crippen LogP contribution in [-0.2, 0) is 26.4 Å². The number of carbonyl (C=O) groups excluding carboxylic acids is 1. The molecule has 0 fully saturated rings. The maximum Gasteiger partial charge on any atom is 0.328 e. The lowest BCUT2D eigenvalue weighted by atomic mass is 10.0. The molecule has 1 aliphatic rings. The maximum absolute atomic E-state index is 13.0. The first-order valence-corrected chi connectivity index (χ1v) is 8.73. The van der Waals surface area contributed by atoms with E-state index in [1.54, 1.807) is 35.7 Å². The summed E-state index contributed by atoms with van der Waals surface area (Å²) in [5.74, 6) is 0.123. The first kappa shape index (κ1) is 17.3. The largest absolute Gasteiger partial charge is 0.508 e. The van der Waals surface area contributed by atoms with Gasteiger partial charge in [-0.3, -0.25) is 13.9 Å². The van der Waals surface area contributed by atoms with Gasteiger partial charge in [-0.2, -0.15) is 0 Å². The quantitative estimate of drug-likeness (QED) is 0.922. The highest BCUT2D eigenvalue weighted by atomic mass is 16.3. The van der Waals surface area contributed by atoms with Crippen LogP contribution in [-0.4, -0.2) is 38.1 Å². The van der Waals surface area contributed by atoms with E-state index in [4.69, 9.17) is 0 Å². The van der Waals surface area contributed by atoms with Gasteiger partial charge in [0.25, 0.3) is 5.91 Å². The van der Waals surface area contributed by atoms with Crippen LogP contribution in [0.3, 0.4) is 0 Å². The Kier molecular flexibility index (Phi) is 4.70. The Morgan fingerprint density at radius 1 is 1.28 bits per heavy atom. The van der Waals surface area contributed by atoms with Crippen molar-refractivity contribution in [2.45, 2.75) is 45.2 Å². The normalized spacial score (nSPS) is 14.8. The van der Waals surface area contributed by atoms with Gasteiger partial charge in [0, 0.05) is 26.7 Å². The summed E-state index contributed by atoms with van der Waals surface area (Å²) in [5.41, 5.74) is 2.34. The van der Waals surface area contributed by atoms with Crippen molar-refractivity contribution in [1.82, 2.24) is 14.0 Å². The number of amides is 1. The van der Waals surface area contributed by atoms with Gasteiger partial charge in [-0.15, -0.1) is 0 Å². The fourth-order valence-corrected chi connectivity index (χ4v) is 3.50. The first-order chi connectivity index (χ1) is 11.9. The van der Waals surface area contributed by atoms with Gasteiger partial charge in [0.1, 0.15) is 11.4 Å². The van der Waals surface area contributed by atoms with Crippen LogP contribution < -0.4 is 5.69 Å². The van der Waals surface area contributed by atoms with Crippen molar-refractivity contribution in [1.29, 1.82) is 0 Å². The Morgan fingerprint density at radius 2 is 1.96 bits per heavy atom. The molecule has 1 N–H and O–H groups in total. The molecule has 2 heterocycles. The Labute approximate surface area is 147 Å². The molecule has 134 valence electrons. The van der Waals surface area contributed by atoms with Crippen LogP contribution in [0.1, 0.15) is 41.5 Å². The van der Waals surface area contributed by atoms with Crippen LogP contribution in [0.2, 0.25) is 0 Å². The van der Waals surface area contributed by atoms with Gasteiger partial charge in [0.2, 0.25) is 0 Å². The number of phenolic OH excluding ortho intramolecular Hbond substituents is 1. The lowest BCUT2D eigenvalue weighted by Gasteiger charge is -2.26. The van der Waals surface area contributed by atoms with Gasteiger partial charge in [0.15, 0.2) is 0 Å². The number of fused-ring (bicyclic) bond motifs is 1. The highest BCUT2D eigenvalue weighted by molar-refractivity contribution is 5.94. The average molecular weight is 343 g/mol. The Hall–Kier alpha value is -2.50. The van der Waals surface area contributed by atoms with Crippen molar-refractivity contribution >= 4 is 5.91 Å². The molecule has 1 aromatic heterocycles. The molecule has 0 radical (unpaired) electrons. The van der Waals surface area contributed by atoms with Gasteiger partial charge in [0.05, 0.1) is 5.69 Å². The molecular formula is C19H25N3O3. The fourth-order valence-electron chi connectivity index (χ4n) is 3.50. The number of phenols is 1. The molecule has 0 saturated carbocycles. The third kappa shape index (κ3) is 3.21. The zero-order valence-electron chi connectivity index (χ0n) is 15.0. The predicted octanol–water partition coefficient (Wildman–Crippen LogP) is 1.93. The number of imidazole rings is 1. The van der Waals surface area contributed by atoms with Gasteiger partial charge < -0.3 is 10.0 Å². The van der Waals surface area contributed by atoms with Crippen molar-refractivity contribution in [2.75, 3.05) is 7.05 Å². The predicted molar refractivity (Wildman–Crippen MR) is 96.0 cm³/mol. The summed E-state index contributed by atoms with van der Waals surface area (Å²) in [6, 6.07) is 7.00. The second-order valence-corrected chi connectivity index (χ2v) is 6.88. The Morgan fingerprint density at radius 3 is 2.64 bits per heavy atom. The van der Waals surface area contributed by atoms with Crippen LogP contribution >= 0.6 is 0 Å². The molecule has 1 aliphatic heterocycles. The highest BCUT2D eigenvalue weighted by Gasteiger charge is 2.28. The summed E-state index contributed by atoms with van der Waals surface area (Å²) in [6.07, 6.45) is 3.46. The first-order valence-electron chi connectivity index (χ1n) is 8.73. The molecule has 25 heavy (non-hydrogen) atoms. The third-order valence-corrected chi connectivity index (χ3v) is 5.15. The van der Waals surface area contributed by atoms with E-state index in [2.05, 4.69) is 0 Å². The van der Waals surface area contributed by atoms with E-state index in [-0.39, 0.29) is 23.4 Å². The number of hydrogen-bond donors (Lipinski definition) is 1. The van der Waals surface area contributed by atoms with Crippen molar-refractivity contribution in [3.8, 4) is 5.75 Å². The van der Waals surface area contributed by atoms with Gasteiger partial charge >= 0.3 is 5.69 Å². The molecule has 0 spiro atoms. The van der Waals surface area contributed by atoms with E-state index < -0.39 is 0 Å². The minimum absolute atomic E-state index is 0.0220. The minimum atomic E-state index is -0.110. The molecule has 1 amide bonds. The number of likely N-dealkylation sites (N-methyl/N-ethyl adjacent to an activating group) is 1. The van der Waals surface area contributed by atoms with Crippen molar-refractivity contribution in [3.63, 3.8) is 0 Å². The monoisotopic (exact) mass is 343 g/mol. The molecule has 6 nitrogen and oxygen atoms in total. The van der Waals surface area contributed by atoms with Gasteiger partial charge in [-0.05, 0) is 50.3 Å². The molecular weight excluding hydrogens is 318 g/mol. The molecule has 1 aromatic carbocycles. The Balaban J connectivity index is 1.83. The number of aromatic hydroxyl groups is 1. The number of aromatic nitrogens is 2. The summed E-state index contributed by atoms with van der Waals surface area (Å²) >= 11 is 0. The summed E-state index contributed by atoms with van der Waals surface area (Å²) < 4.78 is 3.24. The third-order valence-electron chi connectivity index (χ3n) is 5.15. The lowest BCUT2D eigenvalue weighted by molar-refractivity contribution is 0.0732.